The fourth-order valence-electron chi connectivity index (χ4n) is 1.60. The molecule has 1 aromatic rings. The molecule has 1 heterocycles. The third-order valence-electron chi connectivity index (χ3n) is 2.38. The van der Waals surface area contributed by atoms with Gasteiger partial charge in [0.25, 0.3) is 0 Å². The number of amides is 1. The maximum absolute atomic E-state index is 11.7. The van der Waals surface area contributed by atoms with Crippen molar-refractivity contribution < 1.29 is 4.79 Å². The van der Waals surface area contributed by atoms with Crippen LogP contribution < -0.4 is 16.0 Å². The van der Waals surface area contributed by atoms with E-state index in [-0.39, 0.29) is 18.0 Å². The highest BCUT2D eigenvalue weighted by Crippen LogP contribution is 2.14. The molecule has 1 aromatic heterocycles. The lowest BCUT2D eigenvalue weighted by Crippen LogP contribution is -2.48. The number of carbonyl (C=O) groups is 1. The summed E-state index contributed by atoms with van der Waals surface area (Å²) >= 11 is 1.75. The lowest BCUT2D eigenvalue weighted by Gasteiger charge is -2.21. The zero-order valence-electron chi connectivity index (χ0n) is 12.8. The molecule has 0 aliphatic rings. The summed E-state index contributed by atoms with van der Waals surface area (Å²) in [5.74, 6) is 0.576. The van der Waals surface area contributed by atoms with E-state index < -0.39 is 0 Å². The molecule has 0 unspecified atom stereocenters. The van der Waals surface area contributed by atoms with Crippen LogP contribution >= 0.6 is 11.3 Å². The number of carbonyl (C=O) groups excluding carboxylic acids is 1. The highest BCUT2D eigenvalue weighted by Gasteiger charge is 2.13. The molecule has 1 amide bonds. The van der Waals surface area contributed by atoms with Gasteiger partial charge in [-0.15, -0.1) is 11.3 Å². The summed E-state index contributed by atoms with van der Waals surface area (Å²) in [7, 11) is 1.69. The van der Waals surface area contributed by atoms with E-state index >= 15 is 0 Å². The first-order valence-corrected chi connectivity index (χ1v) is 7.42. The Balaban J connectivity index is 2.35. The van der Waals surface area contributed by atoms with Gasteiger partial charge >= 0.3 is 0 Å². The van der Waals surface area contributed by atoms with E-state index in [9.17, 15) is 4.79 Å². The van der Waals surface area contributed by atoms with Crippen LogP contribution in [0.3, 0.4) is 0 Å². The minimum atomic E-state index is -0.218. The van der Waals surface area contributed by atoms with Crippen LogP contribution in [0, 0.1) is 6.92 Å². The number of aryl methyl sites for hydroxylation is 1. The fourth-order valence-corrected chi connectivity index (χ4v) is 2.43. The van der Waals surface area contributed by atoms with Crippen LogP contribution in [0.5, 0.6) is 0 Å². The number of aliphatic imine (C=N–C) groups is 1. The van der Waals surface area contributed by atoms with Crippen molar-refractivity contribution in [2.75, 3.05) is 13.6 Å². The number of rotatable bonds is 4. The molecule has 0 bridgehead atoms. The summed E-state index contributed by atoms with van der Waals surface area (Å²) < 4.78 is 0. The van der Waals surface area contributed by atoms with Crippen LogP contribution in [0.4, 0.5) is 0 Å². The molecule has 3 N–H and O–H groups in total. The minimum Gasteiger partial charge on any atom is -0.352 e. The van der Waals surface area contributed by atoms with Crippen molar-refractivity contribution in [2.45, 2.75) is 39.8 Å². The first-order valence-electron chi connectivity index (χ1n) is 6.61. The Morgan fingerprint density at radius 1 is 1.30 bits per heavy atom. The highest BCUT2D eigenvalue weighted by atomic mass is 32.1. The number of hydrogen-bond acceptors (Lipinski definition) is 3. The zero-order chi connectivity index (χ0) is 15.2. The minimum absolute atomic E-state index is 0.0487. The zero-order valence-corrected chi connectivity index (χ0v) is 13.6. The summed E-state index contributed by atoms with van der Waals surface area (Å²) in [5.41, 5.74) is -0.218. The molecule has 0 radical (unpaired) electrons. The monoisotopic (exact) mass is 296 g/mol. The molecule has 0 aliphatic carbocycles. The van der Waals surface area contributed by atoms with Gasteiger partial charge in [-0.05, 0) is 39.8 Å². The smallest absolute Gasteiger partial charge is 0.239 e. The molecule has 0 saturated heterocycles. The average molecular weight is 296 g/mol. The van der Waals surface area contributed by atoms with Crippen LogP contribution in [-0.4, -0.2) is 31.0 Å². The predicted octanol–water partition coefficient (Wildman–Crippen LogP) is 1.64. The van der Waals surface area contributed by atoms with Crippen molar-refractivity contribution in [1.82, 2.24) is 16.0 Å². The lowest BCUT2D eigenvalue weighted by molar-refractivity contribution is -0.121. The molecule has 0 aliphatic heterocycles. The van der Waals surface area contributed by atoms with Crippen LogP contribution in [0.25, 0.3) is 0 Å². The number of nitrogens with zero attached hydrogens (tertiary/aromatic N) is 1. The van der Waals surface area contributed by atoms with Gasteiger partial charge in [0.15, 0.2) is 5.96 Å². The van der Waals surface area contributed by atoms with Crippen molar-refractivity contribution in [3.8, 4) is 0 Å². The molecule has 0 spiro atoms. The van der Waals surface area contributed by atoms with E-state index in [2.05, 4.69) is 40.0 Å². The second kappa shape index (κ2) is 7.28. The summed E-state index contributed by atoms with van der Waals surface area (Å²) in [6.45, 7) is 8.86. The largest absolute Gasteiger partial charge is 0.352 e. The topological polar surface area (TPSA) is 65.5 Å². The van der Waals surface area contributed by atoms with Gasteiger partial charge in [-0.2, -0.15) is 0 Å². The molecule has 0 aromatic carbocycles. The maximum Gasteiger partial charge on any atom is 0.239 e. The average Bonchev–Trinajstić information content (AvgIpc) is 2.73. The Kier molecular flexibility index (Phi) is 6.01. The molecule has 6 heteroatoms. The van der Waals surface area contributed by atoms with Crippen molar-refractivity contribution in [1.29, 1.82) is 0 Å². The molecule has 20 heavy (non-hydrogen) atoms. The predicted molar refractivity (Wildman–Crippen MR) is 85.2 cm³/mol. The number of hydrogen-bond donors (Lipinski definition) is 3. The van der Waals surface area contributed by atoms with Gasteiger partial charge in [0, 0.05) is 22.3 Å². The molecule has 1 rings (SSSR count). The van der Waals surface area contributed by atoms with Crippen molar-refractivity contribution in [3.63, 3.8) is 0 Å². The third kappa shape index (κ3) is 6.56. The van der Waals surface area contributed by atoms with Crippen LogP contribution in [-0.2, 0) is 11.3 Å². The molecule has 112 valence electrons. The van der Waals surface area contributed by atoms with Gasteiger partial charge in [-0.1, -0.05) is 0 Å². The Morgan fingerprint density at radius 3 is 2.50 bits per heavy atom. The molecule has 0 atom stereocenters. The lowest BCUT2D eigenvalue weighted by atomic mass is 10.1. The third-order valence-corrected chi connectivity index (χ3v) is 3.38. The Morgan fingerprint density at radius 2 is 2.00 bits per heavy atom. The SMILES string of the molecule is CN=C(NCC(=O)NC(C)(C)C)NCc1ccc(C)s1. The van der Waals surface area contributed by atoms with Crippen molar-refractivity contribution in [2.24, 2.45) is 4.99 Å². The second-order valence-corrected chi connectivity index (χ2v) is 6.96. The van der Waals surface area contributed by atoms with Gasteiger partial charge in [0.1, 0.15) is 0 Å². The second-order valence-electron chi connectivity index (χ2n) is 5.59. The summed E-state index contributed by atoms with van der Waals surface area (Å²) in [5, 5.41) is 9.08. The Hall–Kier alpha value is -1.56. The molecule has 5 nitrogen and oxygen atoms in total. The number of nitrogens with one attached hydrogen (secondary N) is 3. The summed E-state index contributed by atoms with van der Waals surface area (Å²) in [6, 6.07) is 4.18. The summed E-state index contributed by atoms with van der Waals surface area (Å²) in [4.78, 5) is 18.3. The van der Waals surface area contributed by atoms with Gasteiger partial charge in [-0.3, -0.25) is 9.79 Å². The number of guanidine groups is 1. The van der Waals surface area contributed by atoms with E-state index in [1.54, 1.807) is 18.4 Å². The quantitative estimate of drug-likeness (QED) is 0.584. The van der Waals surface area contributed by atoms with E-state index in [4.69, 9.17) is 0 Å². The summed E-state index contributed by atoms with van der Waals surface area (Å²) in [6.07, 6.45) is 0. The normalized spacial score (nSPS) is 12.2. The van der Waals surface area contributed by atoms with Gasteiger partial charge < -0.3 is 16.0 Å². The Bertz CT molecular complexity index is 474. The van der Waals surface area contributed by atoms with Crippen LogP contribution in [0.15, 0.2) is 17.1 Å². The number of thiophene rings is 1. The molecular weight excluding hydrogens is 272 g/mol. The highest BCUT2D eigenvalue weighted by molar-refractivity contribution is 7.11. The van der Waals surface area contributed by atoms with E-state index in [1.165, 1.54) is 9.75 Å². The van der Waals surface area contributed by atoms with Crippen LogP contribution in [0.2, 0.25) is 0 Å². The van der Waals surface area contributed by atoms with Gasteiger partial charge in [-0.25, -0.2) is 0 Å². The van der Waals surface area contributed by atoms with Crippen molar-refractivity contribution in [3.05, 3.63) is 21.9 Å². The van der Waals surface area contributed by atoms with E-state index in [1.807, 2.05) is 20.8 Å². The molecule has 0 fully saturated rings. The van der Waals surface area contributed by atoms with E-state index in [0.29, 0.717) is 12.5 Å². The van der Waals surface area contributed by atoms with Gasteiger partial charge in [0.2, 0.25) is 5.91 Å². The Labute approximate surface area is 124 Å². The maximum atomic E-state index is 11.7. The van der Waals surface area contributed by atoms with E-state index in [0.717, 1.165) is 0 Å². The first-order chi connectivity index (χ1) is 9.30. The fraction of sp³-hybridized carbons (Fsp3) is 0.571. The van der Waals surface area contributed by atoms with Crippen LogP contribution in [0.1, 0.15) is 30.5 Å². The first kappa shape index (κ1) is 16.5. The standard InChI is InChI=1S/C14H24N4OS/c1-10-6-7-11(20-10)8-16-13(15-5)17-9-12(19)18-14(2,3)4/h6-7H,8-9H2,1-5H3,(H,18,19)(H2,15,16,17). The molecule has 0 saturated carbocycles. The molecular formula is C14H24N4OS. The van der Waals surface area contributed by atoms with Gasteiger partial charge in [0.05, 0.1) is 13.1 Å². The van der Waals surface area contributed by atoms with Crippen molar-refractivity contribution >= 4 is 23.2 Å².